The van der Waals surface area contributed by atoms with Gasteiger partial charge in [-0.2, -0.15) is 0 Å². The smallest absolute Gasteiger partial charge is 0.161 e. The lowest BCUT2D eigenvalue weighted by molar-refractivity contribution is 0.297. The monoisotopic (exact) mass is 349 g/mol. The average Bonchev–Trinajstić information content (AvgIpc) is 2.73. The van der Waals surface area contributed by atoms with E-state index in [4.69, 9.17) is 15.3 Å². The van der Waals surface area contributed by atoms with Gasteiger partial charge in [0.25, 0.3) is 0 Å². The maximum absolute atomic E-state index is 5.73. The third kappa shape index (κ3) is 3.18. The fourth-order valence-electron chi connectivity index (χ4n) is 2.33. The number of ether oxygens (including phenoxy) is 2. The minimum Gasteiger partial charge on any atom is -0.490 e. The van der Waals surface area contributed by atoms with Gasteiger partial charge < -0.3 is 9.47 Å². The molecule has 3 N–H and O–H groups in total. The molecular formula is C15H16BrN3O2. The van der Waals surface area contributed by atoms with Crippen LogP contribution in [0.4, 0.5) is 0 Å². The van der Waals surface area contributed by atoms with Crippen LogP contribution in [-0.4, -0.2) is 18.2 Å². The minimum atomic E-state index is -0.160. The highest BCUT2D eigenvalue weighted by molar-refractivity contribution is 9.10. The molecule has 6 heteroatoms. The van der Waals surface area contributed by atoms with Gasteiger partial charge in [-0.25, -0.2) is 5.43 Å². The minimum absolute atomic E-state index is 0.160. The first kappa shape index (κ1) is 14.3. The number of hydrazine groups is 1. The first-order chi connectivity index (χ1) is 10.3. The van der Waals surface area contributed by atoms with E-state index in [-0.39, 0.29) is 6.04 Å². The van der Waals surface area contributed by atoms with Crippen molar-refractivity contribution in [2.24, 2.45) is 5.84 Å². The van der Waals surface area contributed by atoms with Crippen LogP contribution in [0.2, 0.25) is 0 Å². The molecule has 21 heavy (non-hydrogen) atoms. The Labute approximate surface area is 131 Å². The third-order valence-corrected chi connectivity index (χ3v) is 3.76. The van der Waals surface area contributed by atoms with Gasteiger partial charge in [-0.05, 0) is 45.3 Å². The van der Waals surface area contributed by atoms with Crippen LogP contribution in [0.25, 0.3) is 0 Å². The summed E-state index contributed by atoms with van der Waals surface area (Å²) in [6.07, 6.45) is 4.42. The van der Waals surface area contributed by atoms with Crippen molar-refractivity contribution in [1.29, 1.82) is 0 Å². The highest BCUT2D eigenvalue weighted by Gasteiger charge is 2.17. The summed E-state index contributed by atoms with van der Waals surface area (Å²) in [5.41, 5.74) is 4.80. The summed E-state index contributed by atoms with van der Waals surface area (Å²) in [5, 5.41) is 0. The van der Waals surface area contributed by atoms with Crippen molar-refractivity contribution in [2.45, 2.75) is 12.5 Å². The SMILES string of the molecule is NNC(c1cncc(Br)c1)c1ccc2c(c1)OCCCO2. The first-order valence-electron chi connectivity index (χ1n) is 6.74. The molecule has 1 atom stereocenters. The number of rotatable bonds is 3. The second-order valence-electron chi connectivity index (χ2n) is 4.79. The van der Waals surface area contributed by atoms with E-state index in [0.29, 0.717) is 13.2 Å². The lowest BCUT2D eigenvalue weighted by Crippen LogP contribution is -2.29. The van der Waals surface area contributed by atoms with Gasteiger partial charge in [0.05, 0.1) is 19.3 Å². The molecule has 1 unspecified atom stereocenters. The second-order valence-corrected chi connectivity index (χ2v) is 5.71. The molecule has 0 aliphatic carbocycles. The number of benzene rings is 1. The van der Waals surface area contributed by atoms with Gasteiger partial charge in [-0.1, -0.05) is 6.07 Å². The summed E-state index contributed by atoms with van der Waals surface area (Å²) in [4.78, 5) is 4.18. The maximum atomic E-state index is 5.73. The molecule has 110 valence electrons. The molecule has 1 aliphatic heterocycles. The van der Waals surface area contributed by atoms with Crippen LogP contribution in [-0.2, 0) is 0 Å². The molecule has 1 aliphatic rings. The average molecular weight is 350 g/mol. The van der Waals surface area contributed by atoms with E-state index >= 15 is 0 Å². The summed E-state index contributed by atoms with van der Waals surface area (Å²) in [5.74, 6) is 7.26. The maximum Gasteiger partial charge on any atom is 0.161 e. The van der Waals surface area contributed by atoms with E-state index < -0.39 is 0 Å². The normalized spacial score (nSPS) is 15.3. The van der Waals surface area contributed by atoms with Gasteiger partial charge in [0, 0.05) is 23.3 Å². The van der Waals surface area contributed by atoms with Crippen molar-refractivity contribution in [3.8, 4) is 11.5 Å². The van der Waals surface area contributed by atoms with E-state index in [1.165, 1.54) is 0 Å². The molecule has 0 saturated heterocycles. The summed E-state index contributed by atoms with van der Waals surface area (Å²) in [6.45, 7) is 1.34. The molecule has 0 radical (unpaired) electrons. The number of aromatic nitrogens is 1. The van der Waals surface area contributed by atoms with E-state index in [9.17, 15) is 0 Å². The van der Waals surface area contributed by atoms with Gasteiger partial charge in [0.2, 0.25) is 0 Å². The number of pyridine rings is 1. The molecular weight excluding hydrogens is 334 g/mol. The number of hydrogen-bond donors (Lipinski definition) is 2. The van der Waals surface area contributed by atoms with Crippen molar-refractivity contribution in [2.75, 3.05) is 13.2 Å². The summed E-state index contributed by atoms with van der Waals surface area (Å²) in [6, 6.07) is 7.70. The van der Waals surface area contributed by atoms with Crippen molar-refractivity contribution >= 4 is 15.9 Å². The van der Waals surface area contributed by atoms with Crippen LogP contribution >= 0.6 is 15.9 Å². The van der Waals surface area contributed by atoms with Crippen LogP contribution in [0.15, 0.2) is 41.1 Å². The molecule has 1 aromatic carbocycles. The predicted molar refractivity (Wildman–Crippen MR) is 83.2 cm³/mol. The summed E-state index contributed by atoms with van der Waals surface area (Å²) in [7, 11) is 0. The Bertz CT molecular complexity index is 636. The van der Waals surface area contributed by atoms with E-state index in [0.717, 1.165) is 33.5 Å². The summed E-state index contributed by atoms with van der Waals surface area (Å²) >= 11 is 3.43. The van der Waals surface area contributed by atoms with E-state index in [1.54, 1.807) is 12.4 Å². The van der Waals surface area contributed by atoms with E-state index in [2.05, 4.69) is 26.3 Å². The highest BCUT2D eigenvalue weighted by atomic mass is 79.9. The Morgan fingerprint density at radius 3 is 2.67 bits per heavy atom. The van der Waals surface area contributed by atoms with Crippen LogP contribution in [0.3, 0.4) is 0 Å². The Kier molecular flexibility index (Phi) is 4.38. The highest BCUT2D eigenvalue weighted by Crippen LogP contribution is 2.34. The Balaban J connectivity index is 1.96. The van der Waals surface area contributed by atoms with Crippen LogP contribution in [0, 0.1) is 0 Å². The molecule has 5 nitrogen and oxygen atoms in total. The number of nitrogens with one attached hydrogen (secondary N) is 1. The zero-order chi connectivity index (χ0) is 14.7. The lowest BCUT2D eigenvalue weighted by Gasteiger charge is -2.18. The Morgan fingerprint density at radius 1 is 1.10 bits per heavy atom. The standard InChI is InChI=1S/C15H16BrN3O2/c16-12-6-11(8-18-9-12)15(19-17)10-2-3-13-14(7-10)21-5-1-4-20-13/h2-3,6-9,15,19H,1,4-5,17H2. The predicted octanol–water partition coefficient (Wildman–Crippen LogP) is 2.56. The third-order valence-electron chi connectivity index (χ3n) is 3.33. The van der Waals surface area contributed by atoms with Crippen molar-refractivity contribution in [3.05, 3.63) is 52.3 Å². The molecule has 1 aromatic heterocycles. The van der Waals surface area contributed by atoms with Crippen LogP contribution in [0.1, 0.15) is 23.6 Å². The number of fused-ring (bicyclic) bond motifs is 1. The first-order valence-corrected chi connectivity index (χ1v) is 7.53. The topological polar surface area (TPSA) is 69.4 Å². The van der Waals surface area contributed by atoms with E-state index in [1.807, 2.05) is 24.3 Å². The lowest BCUT2D eigenvalue weighted by atomic mass is 10.0. The van der Waals surface area contributed by atoms with Gasteiger partial charge in [0.15, 0.2) is 11.5 Å². The molecule has 3 rings (SSSR count). The Morgan fingerprint density at radius 2 is 1.90 bits per heavy atom. The largest absolute Gasteiger partial charge is 0.490 e. The quantitative estimate of drug-likeness (QED) is 0.658. The van der Waals surface area contributed by atoms with Gasteiger partial charge in [-0.3, -0.25) is 10.8 Å². The second kappa shape index (κ2) is 6.43. The molecule has 0 saturated carbocycles. The Hall–Kier alpha value is -1.63. The molecule has 0 amide bonds. The number of nitrogens with zero attached hydrogens (tertiary/aromatic N) is 1. The van der Waals surface area contributed by atoms with Gasteiger partial charge >= 0.3 is 0 Å². The zero-order valence-corrected chi connectivity index (χ0v) is 13.0. The van der Waals surface area contributed by atoms with Gasteiger partial charge in [-0.15, -0.1) is 0 Å². The molecule has 0 fully saturated rings. The van der Waals surface area contributed by atoms with Crippen molar-refractivity contribution < 1.29 is 9.47 Å². The number of hydrogen-bond acceptors (Lipinski definition) is 5. The summed E-state index contributed by atoms with van der Waals surface area (Å²) < 4.78 is 12.3. The van der Waals surface area contributed by atoms with Crippen molar-refractivity contribution in [1.82, 2.24) is 10.4 Å². The number of nitrogens with two attached hydrogens (primary N) is 1. The number of halogens is 1. The fraction of sp³-hybridized carbons (Fsp3) is 0.267. The van der Waals surface area contributed by atoms with Crippen LogP contribution in [0.5, 0.6) is 11.5 Å². The molecule has 2 heterocycles. The molecule has 0 bridgehead atoms. The van der Waals surface area contributed by atoms with Crippen LogP contribution < -0.4 is 20.7 Å². The van der Waals surface area contributed by atoms with Gasteiger partial charge in [0.1, 0.15) is 0 Å². The van der Waals surface area contributed by atoms with Crippen molar-refractivity contribution in [3.63, 3.8) is 0 Å². The molecule has 0 spiro atoms. The fourth-order valence-corrected chi connectivity index (χ4v) is 2.71. The molecule has 2 aromatic rings. The zero-order valence-electron chi connectivity index (χ0n) is 11.4.